The van der Waals surface area contributed by atoms with Gasteiger partial charge in [-0.1, -0.05) is 121 Å². The molecule has 9 rings (SSSR count). The molecule has 44 heavy (non-hydrogen) atoms. The van der Waals surface area contributed by atoms with Crippen LogP contribution < -0.4 is 4.90 Å². The van der Waals surface area contributed by atoms with Crippen molar-refractivity contribution in [2.45, 2.75) is 0 Å². The second-order valence-electron chi connectivity index (χ2n) is 11.4. The third-order valence-electron chi connectivity index (χ3n) is 8.80. The fraction of sp³-hybridized carbons (Fsp3) is 0. The predicted molar refractivity (Wildman–Crippen MR) is 192 cm³/mol. The van der Waals surface area contributed by atoms with E-state index in [2.05, 4.69) is 169 Å². The van der Waals surface area contributed by atoms with Gasteiger partial charge >= 0.3 is 0 Å². The van der Waals surface area contributed by atoms with Crippen LogP contribution >= 0.6 is 11.3 Å². The smallest absolute Gasteiger partial charge is 0.0540 e. The van der Waals surface area contributed by atoms with Crippen LogP contribution in [0.5, 0.6) is 0 Å². The molecule has 0 fully saturated rings. The van der Waals surface area contributed by atoms with Gasteiger partial charge < -0.3 is 4.90 Å². The topological polar surface area (TPSA) is 3.24 Å². The molecule has 0 unspecified atom stereocenters. The largest absolute Gasteiger partial charge is 0.310 e. The monoisotopic (exact) mass is 577 g/mol. The lowest BCUT2D eigenvalue weighted by Gasteiger charge is -2.28. The van der Waals surface area contributed by atoms with E-state index in [1.165, 1.54) is 69.3 Å². The molecule has 8 aromatic carbocycles. The number of para-hydroxylation sites is 1. The first-order valence-electron chi connectivity index (χ1n) is 15.0. The molecule has 0 atom stereocenters. The van der Waals surface area contributed by atoms with E-state index >= 15 is 0 Å². The minimum Gasteiger partial charge on any atom is -0.310 e. The van der Waals surface area contributed by atoms with Gasteiger partial charge in [0.1, 0.15) is 0 Å². The summed E-state index contributed by atoms with van der Waals surface area (Å²) in [6.45, 7) is 0. The molecule has 0 aliphatic rings. The molecule has 2 heteroatoms. The second-order valence-corrected chi connectivity index (χ2v) is 12.4. The summed E-state index contributed by atoms with van der Waals surface area (Å²) in [6, 6.07) is 59.7. The van der Waals surface area contributed by atoms with Gasteiger partial charge in [0, 0.05) is 42.5 Å². The van der Waals surface area contributed by atoms with E-state index in [4.69, 9.17) is 0 Å². The fourth-order valence-electron chi connectivity index (χ4n) is 6.73. The van der Waals surface area contributed by atoms with E-state index in [9.17, 15) is 0 Å². The molecule has 0 aliphatic heterocycles. The summed E-state index contributed by atoms with van der Waals surface area (Å²) in [5.74, 6) is 0. The quantitative estimate of drug-likeness (QED) is 0.201. The lowest BCUT2D eigenvalue weighted by Crippen LogP contribution is -2.10. The van der Waals surface area contributed by atoms with Crippen LogP contribution in [0.15, 0.2) is 164 Å². The standard InChI is InChI=1S/C42H27NS/c1-2-15-32(16-3-1)43(33-22-21-28-11-4-5-12-29(28)25-33)40-24-23-35(34-17-8-9-18-36(34)40)37-19-10-20-38-39-26-30-13-6-7-14-31(30)27-41(39)44-42(37)38/h1-27H. The first kappa shape index (κ1) is 25.1. The van der Waals surface area contributed by atoms with Crippen molar-refractivity contribution in [2.24, 2.45) is 0 Å². The molecule has 0 aliphatic carbocycles. The van der Waals surface area contributed by atoms with E-state index < -0.39 is 0 Å². The maximum absolute atomic E-state index is 2.39. The highest BCUT2D eigenvalue weighted by atomic mass is 32.1. The summed E-state index contributed by atoms with van der Waals surface area (Å²) in [5, 5.41) is 10.2. The molecule has 0 saturated carbocycles. The third kappa shape index (κ3) is 4.00. The Hall–Kier alpha value is -5.44. The first-order chi connectivity index (χ1) is 21.8. The Morgan fingerprint density at radius 3 is 1.84 bits per heavy atom. The van der Waals surface area contributed by atoms with E-state index in [1.807, 2.05) is 11.3 Å². The molecule has 206 valence electrons. The van der Waals surface area contributed by atoms with Crippen molar-refractivity contribution in [3.63, 3.8) is 0 Å². The Bertz CT molecular complexity index is 2510. The van der Waals surface area contributed by atoms with Gasteiger partial charge in [-0.15, -0.1) is 11.3 Å². The van der Waals surface area contributed by atoms with Crippen LogP contribution in [0.4, 0.5) is 17.1 Å². The number of hydrogen-bond acceptors (Lipinski definition) is 2. The van der Waals surface area contributed by atoms with Gasteiger partial charge in [0.15, 0.2) is 0 Å². The summed E-state index contributed by atoms with van der Waals surface area (Å²) in [7, 11) is 0. The van der Waals surface area contributed by atoms with E-state index in [0.29, 0.717) is 0 Å². The Morgan fingerprint density at radius 2 is 1.02 bits per heavy atom. The van der Waals surface area contributed by atoms with Gasteiger partial charge in [0.25, 0.3) is 0 Å². The Balaban J connectivity index is 1.28. The van der Waals surface area contributed by atoms with Crippen molar-refractivity contribution >= 4 is 80.9 Å². The Kier molecular flexibility index (Phi) is 5.75. The molecule has 0 amide bonds. The van der Waals surface area contributed by atoms with E-state index in [0.717, 1.165) is 11.4 Å². The van der Waals surface area contributed by atoms with Gasteiger partial charge in [0.05, 0.1) is 5.69 Å². The summed E-state index contributed by atoms with van der Waals surface area (Å²) >= 11 is 1.90. The summed E-state index contributed by atoms with van der Waals surface area (Å²) < 4.78 is 2.67. The van der Waals surface area contributed by atoms with Crippen molar-refractivity contribution < 1.29 is 0 Å². The first-order valence-corrected chi connectivity index (χ1v) is 15.8. The number of thiophene rings is 1. The summed E-state index contributed by atoms with van der Waals surface area (Å²) in [6.07, 6.45) is 0. The fourth-order valence-corrected chi connectivity index (χ4v) is 7.99. The van der Waals surface area contributed by atoms with Crippen LogP contribution in [-0.2, 0) is 0 Å². The van der Waals surface area contributed by atoms with Gasteiger partial charge in [-0.3, -0.25) is 0 Å². The average molecular weight is 578 g/mol. The zero-order valence-electron chi connectivity index (χ0n) is 23.9. The van der Waals surface area contributed by atoms with Crippen molar-refractivity contribution in [1.29, 1.82) is 0 Å². The summed E-state index contributed by atoms with van der Waals surface area (Å²) in [5.41, 5.74) is 6.00. The number of fused-ring (bicyclic) bond motifs is 6. The maximum atomic E-state index is 2.39. The van der Waals surface area contributed by atoms with Crippen LogP contribution in [0.3, 0.4) is 0 Å². The van der Waals surface area contributed by atoms with Gasteiger partial charge in [0.2, 0.25) is 0 Å². The summed E-state index contributed by atoms with van der Waals surface area (Å²) in [4.78, 5) is 2.39. The maximum Gasteiger partial charge on any atom is 0.0540 e. The molecule has 1 heterocycles. The van der Waals surface area contributed by atoms with Gasteiger partial charge in [-0.2, -0.15) is 0 Å². The van der Waals surface area contributed by atoms with Crippen molar-refractivity contribution in [3.8, 4) is 11.1 Å². The van der Waals surface area contributed by atoms with Crippen LogP contribution in [-0.4, -0.2) is 0 Å². The van der Waals surface area contributed by atoms with Crippen LogP contribution in [0.25, 0.3) is 63.6 Å². The second kappa shape index (κ2) is 10.1. The number of hydrogen-bond donors (Lipinski definition) is 0. The van der Waals surface area contributed by atoms with Crippen molar-refractivity contribution in [1.82, 2.24) is 0 Å². The Labute approximate surface area is 259 Å². The molecule has 0 bridgehead atoms. The molecular formula is C42H27NS. The van der Waals surface area contributed by atoms with E-state index in [-0.39, 0.29) is 0 Å². The number of nitrogens with zero attached hydrogens (tertiary/aromatic N) is 1. The zero-order chi connectivity index (χ0) is 29.0. The third-order valence-corrected chi connectivity index (χ3v) is 10.0. The molecule has 1 aromatic heterocycles. The minimum absolute atomic E-state index is 1.14. The SMILES string of the molecule is c1ccc(N(c2ccc3ccccc3c2)c2ccc(-c3cccc4c3sc3cc5ccccc5cc34)c3ccccc23)cc1. The number of rotatable bonds is 4. The average Bonchev–Trinajstić information content (AvgIpc) is 3.45. The lowest BCUT2D eigenvalue weighted by molar-refractivity contribution is 1.30. The molecule has 0 saturated heterocycles. The molecular weight excluding hydrogens is 551 g/mol. The highest BCUT2D eigenvalue weighted by molar-refractivity contribution is 7.26. The number of anilines is 3. The highest BCUT2D eigenvalue weighted by Crippen LogP contribution is 2.46. The molecule has 0 spiro atoms. The van der Waals surface area contributed by atoms with Crippen molar-refractivity contribution in [2.75, 3.05) is 4.90 Å². The minimum atomic E-state index is 1.14. The van der Waals surface area contributed by atoms with Crippen molar-refractivity contribution in [3.05, 3.63) is 164 Å². The zero-order valence-corrected chi connectivity index (χ0v) is 24.8. The van der Waals surface area contributed by atoms with Gasteiger partial charge in [-0.05, 0) is 75.0 Å². The van der Waals surface area contributed by atoms with Crippen LogP contribution in [0, 0.1) is 0 Å². The predicted octanol–water partition coefficient (Wildman–Crippen LogP) is 12.7. The molecule has 9 aromatic rings. The lowest BCUT2D eigenvalue weighted by atomic mass is 9.95. The van der Waals surface area contributed by atoms with Crippen LogP contribution in [0.2, 0.25) is 0 Å². The normalized spacial score (nSPS) is 11.6. The van der Waals surface area contributed by atoms with Crippen LogP contribution in [0.1, 0.15) is 0 Å². The molecule has 0 radical (unpaired) electrons. The van der Waals surface area contributed by atoms with Gasteiger partial charge in [-0.25, -0.2) is 0 Å². The molecule has 0 N–H and O–H groups in total. The highest BCUT2D eigenvalue weighted by Gasteiger charge is 2.19. The Morgan fingerprint density at radius 1 is 0.364 bits per heavy atom. The number of benzene rings is 8. The van der Waals surface area contributed by atoms with E-state index in [1.54, 1.807) is 0 Å². The molecule has 1 nitrogen and oxygen atoms in total.